The zero-order valence-corrected chi connectivity index (χ0v) is 10.8. The molecule has 0 bridgehead atoms. The Morgan fingerprint density at radius 1 is 1.56 bits per heavy atom. The number of rotatable bonds is 3. The van der Waals surface area contributed by atoms with Crippen LogP contribution >= 0.6 is 22.9 Å². The number of carbonyl (C=O) groups excluding carboxylic acids is 1. The van der Waals surface area contributed by atoms with E-state index in [2.05, 4.69) is 0 Å². The minimum absolute atomic E-state index is 0.177. The maximum absolute atomic E-state index is 12.2. The number of thiophene rings is 1. The molecule has 0 saturated carbocycles. The molecule has 1 atom stereocenters. The van der Waals surface area contributed by atoms with Crippen molar-refractivity contribution in [3.05, 3.63) is 22.4 Å². The fourth-order valence-corrected chi connectivity index (χ4v) is 3.13. The lowest BCUT2D eigenvalue weighted by Crippen LogP contribution is -2.43. The minimum atomic E-state index is 0.177. The molecule has 16 heavy (non-hydrogen) atoms. The van der Waals surface area contributed by atoms with E-state index in [1.807, 2.05) is 21.7 Å². The van der Waals surface area contributed by atoms with Crippen LogP contribution in [0.15, 0.2) is 16.8 Å². The van der Waals surface area contributed by atoms with Crippen LogP contribution in [0.1, 0.15) is 36.0 Å². The van der Waals surface area contributed by atoms with Crippen molar-refractivity contribution in [2.75, 3.05) is 12.4 Å². The summed E-state index contributed by atoms with van der Waals surface area (Å²) < 4.78 is 0. The zero-order chi connectivity index (χ0) is 11.4. The highest BCUT2D eigenvalue weighted by molar-refractivity contribution is 7.08. The van der Waals surface area contributed by atoms with Crippen molar-refractivity contribution >= 4 is 28.8 Å². The fraction of sp³-hybridized carbons (Fsp3) is 0.583. The van der Waals surface area contributed by atoms with Gasteiger partial charge in [0.1, 0.15) is 0 Å². The van der Waals surface area contributed by atoms with Crippen LogP contribution in [-0.4, -0.2) is 29.3 Å². The lowest BCUT2D eigenvalue weighted by Gasteiger charge is -2.35. The molecule has 1 aliphatic rings. The first-order valence-corrected chi connectivity index (χ1v) is 7.20. The van der Waals surface area contributed by atoms with Crippen LogP contribution in [0.2, 0.25) is 0 Å². The molecule has 1 saturated heterocycles. The third kappa shape index (κ3) is 2.58. The van der Waals surface area contributed by atoms with Crippen molar-refractivity contribution < 1.29 is 4.79 Å². The van der Waals surface area contributed by atoms with E-state index in [9.17, 15) is 4.79 Å². The van der Waals surface area contributed by atoms with E-state index in [0.717, 1.165) is 31.4 Å². The summed E-state index contributed by atoms with van der Waals surface area (Å²) in [6, 6.07) is 2.25. The normalized spacial score (nSPS) is 21.1. The van der Waals surface area contributed by atoms with E-state index in [1.165, 1.54) is 6.42 Å². The Kier molecular flexibility index (Phi) is 4.24. The Morgan fingerprint density at radius 2 is 2.44 bits per heavy atom. The van der Waals surface area contributed by atoms with Gasteiger partial charge in [0.2, 0.25) is 0 Å². The lowest BCUT2D eigenvalue weighted by molar-refractivity contribution is 0.0610. The van der Waals surface area contributed by atoms with E-state index >= 15 is 0 Å². The minimum Gasteiger partial charge on any atom is -0.336 e. The summed E-state index contributed by atoms with van der Waals surface area (Å²) >= 11 is 7.37. The SMILES string of the molecule is O=C(c1ccsc1)N1CCCCC1CCCl. The summed E-state index contributed by atoms with van der Waals surface area (Å²) in [4.78, 5) is 14.2. The van der Waals surface area contributed by atoms with Crippen LogP contribution in [0.5, 0.6) is 0 Å². The highest BCUT2D eigenvalue weighted by atomic mass is 35.5. The monoisotopic (exact) mass is 257 g/mol. The molecule has 88 valence electrons. The predicted molar refractivity (Wildman–Crippen MR) is 68.3 cm³/mol. The number of alkyl halides is 1. The average Bonchev–Trinajstić information content (AvgIpc) is 2.83. The first-order chi connectivity index (χ1) is 7.83. The Balaban J connectivity index is 2.08. The van der Waals surface area contributed by atoms with Crippen molar-refractivity contribution in [2.45, 2.75) is 31.7 Å². The molecule has 0 aromatic carbocycles. The van der Waals surface area contributed by atoms with Crippen LogP contribution in [-0.2, 0) is 0 Å². The molecule has 0 N–H and O–H groups in total. The number of carbonyl (C=O) groups is 1. The second-order valence-electron chi connectivity index (χ2n) is 4.14. The van der Waals surface area contributed by atoms with E-state index in [0.29, 0.717) is 11.9 Å². The Bertz CT molecular complexity index is 337. The van der Waals surface area contributed by atoms with Gasteiger partial charge in [0.05, 0.1) is 5.56 Å². The second-order valence-corrected chi connectivity index (χ2v) is 5.30. The first kappa shape index (κ1) is 11.9. The summed E-state index contributed by atoms with van der Waals surface area (Å²) in [7, 11) is 0. The van der Waals surface area contributed by atoms with Gasteiger partial charge in [-0.3, -0.25) is 4.79 Å². The van der Waals surface area contributed by atoms with Crippen LogP contribution < -0.4 is 0 Å². The Labute approximate surface area is 105 Å². The smallest absolute Gasteiger partial charge is 0.254 e. The lowest BCUT2D eigenvalue weighted by atomic mass is 9.99. The van der Waals surface area contributed by atoms with E-state index in [4.69, 9.17) is 11.6 Å². The maximum atomic E-state index is 12.2. The molecule has 2 nitrogen and oxygen atoms in total. The number of amides is 1. The molecule has 1 aliphatic heterocycles. The first-order valence-electron chi connectivity index (χ1n) is 5.72. The third-order valence-electron chi connectivity index (χ3n) is 3.10. The zero-order valence-electron chi connectivity index (χ0n) is 9.19. The average molecular weight is 258 g/mol. The highest BCUT2D eigenvalue weighted by Crippen LogP contribution is 2.23. The topological polar surface area (TPSA) is 20.3 Å². The summed E-state index contributed by atoms with van der Waals surface area (Å²) in [6.07, 6.45) is 4.35. The number of hydrogen-bond donors (Lipinski definition) is 0. The number of halogens is 1. The predicted octanol–water partition coefficient (Wildman–Crippen LogP) is 3.37. The van der Waals surface area contributed by atoms with Gasteiger partial charge in [-0.25, -0.2) is 0 Å². The standard InChI is InChI=1S/C12H16ClNOS/c13-6-4-11-3-1-2-7-14(11)12(15)10-5-8-16-9-10/h5,8-9,11H,1-4,6-7H2. The molecule has 0 aliphatic carbocycles. The van der Waals surface area contributed by atoms with Crippen molar-refractivity contribution in [1.29, 1.82) is 0 Å². The second kappa shape index (κ2) is 5.69. The number of nitrogens with zero attached hydrogens (tertiary/aromatic N) is 1. The number of piperidine rings is 1. The summed E-state index contributed by atoms with van der Waals surface area (Å²) in [5, 5.41) is 3.88. The molecule has 0 radical (unpaired) electrons. The van der Waals surface area contributed by atoms with Gasteiger partial charge in [0.15, 0.2) is 0 Å². The fourth-order valence-electron chi connectivity index (χ4n) is 2.25. The summed E-state index contributed by atoms with van der Waals surface area (Å²) in [5.41, 5.74) is 0.825. The van der Waals surface area contributed by atoms with Gasteiger partial charge in [-0.05, 0) is 37.1 Å². The highest BCUT2D eigenvalue weighted by Gasteiger charge is 2.26. The Hall–Kier alpha value is -0.540. The molecule has 1 aromatic rings. The van der Waals surface area contributed by atoms with Crippen LogP contribution in [0.3, 0.4) is 0 Å². The van der Waals surface area contributed by atoms with Crippen LogP contribution in [0, 0.1) is 0 Å². The van der Waals surface area contributed by atoms with Crippen LogP contribution in [0.25, 0.3) is 0 Å². The van der Waals surface area contributed by atoms with E-state index in [-0.39, 0.29) is 5.91 Å². The van der Waals surface area contributed by atoms with Gasteiger partial charge < -0.3 is 4.90 Å². The van der Waals surface area contributed by atoms with Crippen molar-refractivity contribution in [2.24, 2.45) is 0 Å². The largest absolute Gasteiger partial charge is 0.336 e. The molecule has 1 amide bonds. The van der Waals surface area contributed by atoms with Gasteiger partial charge >= 0.3 is 0 Å². The molecular formula is C12H16ClNOS. The molecule has 0 spiro atoms. The molecule has 1 fully saturated rings. The summed E-state index contributed by atoms with van der Waals surface area (Å²) in [5.74, 6) is 0.814. The van der Waals surface area contributed by atoms with Crippen molar-refractivity contribution in [3.63, 3.8) is 0 Å². The van der Waals surface area contributed by atoms with Crippen molar-refractivity contribution in [3.8, 4) is 0 Å². The van der Waals surface area contributed by atoms with E-state index in [1.54, 1.807) is 11.3 Å². The van der Waals surface area contributed by atoms with Gasteiger partial charge in [-0.15, -0.1) is 11.6 Å². The maximum Gasteiger partial charge on any atom is 0.254 e. The molecular weight excluding hydrogens is 242 g/mol. The number of likely N-dealkylation sites (tertiary alicyclic amines) is 1. The molecule has 4 heteroatoms. The van der Waals surface area contributed by atoms with Crippen LogP contribution in [0.4, 0.5) is 0 Å². The number of hydrogen-bond acceptors (Lipinski definition) is 2. The quantitative estimate of drug-likeness (QED) is 0.761. The van der Waals surface area contributed by atoms with Gasteiger partial charge in [-0.1, -0.05) is 0 Å². The van der Waals surface area contributed by atoms with Gasteiger partial charge in [-0.2, -0.15) is 11.3 Å². The molecule has 2 heterocycles. The third-order valence-corrected chi connectivity index (χ3v) is 4.00. The van der Waals surface area contributed by atoms with Gasteiger partial charge in [0, 0.05) is 23.8 Å². The Morgan fingerprint density at radius 3 is 3.12 bits per heavy atom. The van der Waals surface area contributed by atoms with Crippen molar-refractivity contribution in [1.82, 2.24) is 4.90 Å². The van der Waals surface area contributed by atoms with E-state index < -0.39 is 0 Å². The molecule has 1 aromatic heterocycles. The van der Waals surface area contributed by atoms with Gasteiger partial charge in [0.25, 0.3) is 5.91 Å². The summed E-state index contributed by atoms with van der Waals surface area (Å²) in [6.45, 7) is 0.885. The molecule has 1 unspecified atom stereocenters. The molecule has 2 rings (SSSR count).